The summed E-state index contributed by atoms with van der Waals surface area (Å²) in [6, 6.07) is 15.6. The quantitative estimate of drug-likeness (QED) is 0.599. The van der Waals surface area contributed by atoms with Crippen LogP contribution in [0.5, 0.6) is 0 Å². The highest BCUT2D eigenvalue weighted by molar-refractivity contribution is 9.10. The second kappa shape index (κ2) is 6.85. The van der Waals surface area contributed by atoms with Gasteiger partial charge in [0.25, 0.3) is 0 Å². The number of benzene rings is 2. The minimum Gasteiger partial charge on any atom is -0.368 e. The first-order valence-corrected chi connectivity index (χ1v) is 9.70. The third-order valence-corrected chi connectivity index (χ3v) is 5.78. The van der Waals surface area contributed by atoms with E-state index in [0.29, 0.717) is 19.3 Å². The zero-order valence-corrected chi connectivity index (χ0v) is 16.3. The molecule has 1 aliphatic carbocycles. The zero-order valence-electron chi connectivity index (χ0n) is 14.7. The van der Waals surface area contributed by atoms with E-state index in [2.05, 4.69) is 26.2 Å². The van der Waals surface area contributed by atoms with Gasteiger partial charge in [0.1, 0.15) is 5.54 Å². The monoisotopic (exact) mass is 425 g/mol. The highest BCUT2D eigenvalue weighted by atomic mass is 79.9. The average molecular weight is 426 g/mol. The minimum absolute atomic E-state index is 0.199. The molecule has 2 aromatic carbocycles. The van der Waals surface area contributed by atoms with Gasteiger partial charge < -0.3 is 16.0 Å². The maximum atomic E-state index is 12.7. The molecule has 1 atom stereocenters. The smallest absolute Gasteiger partial charge is 0.243 e. The molecule has 27 heavy (non-hydrogen) atoms. The van der Waals surface area contributed by atoms with Crippen LogP contribution in [0.1, 0.15) is 23.2 Å². The van der Waals surface area contributed by atoms with Gasteiger partial charge in [-0.1, -0.05) is 46.3 Å². The number of carbonyl (C=O) groups excluding carboxylic acids is 2. The molecular weight excluding hydrogens is 406 g/mol. The fraction of sp³-hybridized carbons (Fsp3) is 0.238. The van der Waals surface area contributed by atoms with E-state index in [4.69, 9.17) is 5.73 Å². The first-order valence-electron chi connectivity index (χ1n) is 8.91. The van der Waals surface area contributed by atoms with Crippen molar-refractivity contribution in [1.82, 2.24) is 10.3 Å². The molecule has 2 amide bonds. The van der Waals surface area contributed by atoms with Gasteiger partial charge in [0.2, 0.25) is 11.8 Å². The minimum atomic E-state index is -1.05. The van der Waals surface area contributed by atoms with Crippen LogP contribution in [0.2, 0.25) is 0 Å². The fourth-order valence-electron chi connectivity index (χ4n) is 3.92. The van der Waals surface area contributed by atoms with Gasteiger partial charge in [-0.2, -0.15) is 0 Å². The van der Waals surface area contributed by atoms with Crippen LogP contribution in [0, 0.1) is 0 Å². The van der Waals surface area contributed by atoms with Crippen LogP contribution in [0.15, 0.2) is 53.0 Å². The maximum Gasteiger partial charge on any atom is 0.243 e. The van der Waals surface area contributed by atoms with Crippen molar-refractivity contribution in [3.8, 4) is 0 Å². The van der Waals surface area contributed by atoms with Gasteiger partial charge in [0.15, 0.2) is 0 Å². The number of carbonyl (C=O) groups is 2. The van der Waals surface area contributed by atoms with E-state index >= 15 is 0 Å². The summed E-state index contributed by atoms with van der Waals surface area (Å²) in [4.78, 5) is 28.5. The van der Waals surface area contributed by atoms with Crippen molar-refractivity contribution in [1.29, 1.82) is 0 Å². The first-order chi connectivity index (χ1) is 13.0. The third-order valence-electron chi connectivity index (χ3n) is 5.29. The molecule has 1 aliphatic rings. The average Bonchev–Trinajstić information content (AvgIpc) is 2.99. The normalized spacial score (nSPS) is 18.9. The van der Waals surface area contributed by atoms with Crippen LogP contribution < -0.4 is 11.1 Å². The number of hydrogen-bond acceptors (Lipinski definition) is 2. The van der Waals surface area contributed by atoms with E-state index in [1.54, 1.807) is 0 Å². The molecule has 0 spiro atoms. The Morgan fingerprint density at radius 2 is 2.00 bits per heavy atom. The van der Waals surface area contributed by atoms with Gasteiger partial charge in [-0.15, -0.1) is 0 Å². The van der Waals surface area contributed by atoms with Crippen LogP contribution in [0.25, 0.3) is 10.9 Å². The largest absolute Gasteiger partial charge is 0.368 e. The maximum absolute atomic E-state index is 12.7. The van der Waals surface area contributed by atoms with Crippen molar-refractivity contribution < 1.29 is 9.59 Å². The second-order valence-electron chi connectivity index (χ2n) is 7.11. The molecule has 0 saturated carbocycles. The summed E-state index contributed by atoms with van der Waals surface area (Å²) in [5.74, 6) is -0.684. The van der Waals surface area contributed by atoms with Gasteiger partial charge in [-0.25, -0.2) is 0 Å². The molecule has 4 rings (SSSR count). The van der Waals surface area contributed by atoms with Crippen molar-refractivity contribution in [3.63, 3.8) is 0 Å². The Kier molecular flexibility index (Phi) is 4.52. The van der Waals surface area contributed by atoms with E-state index in [-0.39, 0.29) is 12.3 Å². The topological polar surface area (TPSA) is 88.0 Å². The van der Waals surface area contributed by atoms with Crippen molar-refractivity contribution >= 4 is 38.6 Å². The highest BCUT2D eigenvalue weighted by Crippen LogP contribution is 2.34. The number of primary amides is 1. The van der Waals surface area contributed by atoms with E-state index < -0.39 is 11.4 Å². The lowest BCUT2D eigenvalue weighted by molar-refractivity contribution is -0.131. The number of H-pyrrole nitrogens is 1. The number of hydrogen-bond donors (Lipinski definition) is 3. The van der Waals surface area contributed by atoms with Crippen LogP contribution in [-0.2, 0) is 28.9 Å². The molecule has 0 saturated heterocycles. The Morgan fingerprint density at radius 1 is 1.19 bits per heavy atom. The summed E-state index contributed by atoms with van der Waals surface area (Å²) in [5, 5.41) is 4.03. The van der Waals surface area contributed by atoms with E-state index in [9.17, 15) is 9.59 Å². The van der Waals surface area contributed by atoms with E-state index in [1.807, 2.05) is 48.5 Å². The van der Waals surface area contributed by atoms with E-state index in [1.165, 1.54) is 0 Å². The molecular formula is C21H20BrN3O2. The molecule has 0 radical (unpaired) electrons. The van der Waals surface area contributed by atoms with Crippen molar-refractivity contribution in [2.45, 2.75) is 31.2 Å². The van der Waals surface area contributed by atoms with Crippen molar-refractivity contribution in [2.24, 2.45) is 5.73 Å². The number of aryl methyl sites for hydroxylation is 1. The van der Waals surface area contributed by atoms with Crippen LogP contribution in [0.3, 0.4) is 0 Å². The van der Waals surface area contributed by atoms with E-state index in [0.717, 1.165) is 32.2 Å². The number of nitrogens with one attached hydrogen (secondary N) is 2. The Bertz CT molecular complexity index is 1040. The standard InChI is InChI=1S/C21H20BrN3O2/c22-14-5-3-4-13(10-14)11-19(26)25-21(20(23)27)9-8-18-16(12-21)15-6-1-2-7-17(15)24-18/h1-7,10,24H,8-9,11-12H2,(H2,23,27)(H,25,26). The number of amides is 2. The zero-order chi connectivity index (χ0) is 19.0. The summed E-state index contributed by atoms with van der Waals surface area (Å²) < 4.78 is 0.915. The van der Waals surface area contributed by atoms with Crippen molar-refractivity contribution in [2.75, 3.05) is 0 Å². The molecule has 5 nitrogen and oxygen atoms in total. The van der Waals surface area contributed by atoms with Gasteiger partial charge >= 0.3 is 0 Å². The van der Waals surface area contributed by atoms with Crippen LogP contribution in [0.4, 0.5) is 0 Å². The molecule has 0 bridgehead atoms. The summed E-state index contributed by atoms with van der Waals surface area (Å²) >= 11 is 3.41. The van der Waals surface area contributed by atoms with Gasteiger partial charge in [-0.3, -0.25) is 9.59 Å². The Balaban J connectivity index is 1.60. The molecule has 1 heterocycles. The Morgan fingerprint density at radius 3 is 2.78 bits per heavy atom. The Hall–Kier alpha value is -2.60. The van der Waals surface area contributed by atoms with Gasteiger partial charge in [0, 0.05) is 27.5 Å². The number of rotatable bonds is 4. The number of nitrogens with two attached hydrogens (primary N) is 1. The molecule has 0 fully saturated rings. The molecule has 6 heteroatoms. The molecule has 3 aromatic rings. The highest BCUT2D eigenvalue weighted by Gasteiger charge is 2.42. The predicted molar refractivity (Wildman–Crippen MR) is 108 cm³/mol. The van der Waals surface area contributed by atoms with Gasteiger partial charge in [-0.05, 0) is 42.2 Å². The van der Waals surface area contributed by atoms with Crippen LogP contribution >= 0.6 is 15.9 Å². The summed E-state index contributed by atoms with van der Waals surface area (Å²) in [7, 11) is 0. The fourth-order valence-corrected chi connectivity index (χ4v) is 4.37. The number of halogens is 1. The number of para-hydroxylation sites is 1. The molecule has 138 valence electrons. The molecule has 0 aliphatic heterocycles. The summed E-state index contributed by atoms with van der Waals surface area (Å²) in [6.07, 6.45) is 1.78. The summed E-state index contributed by atoms with van der Waals surface area (Å²) in [5.41, 5.74) is 8.82. The Labute approximate surface area is 165 Å². The first kappa shape index (κ1) is 17.8. The predicted octanol–water partition coefficient (Wildman–Crippen LogP) is 3.00. The molecule has 1 unspecified atom stereocenters. The lowest BCUT2D eigenvalue weighted by atomic mass is 9.79. The lowest BCUT2D eigenvalue weighted by Crippen LogP contribution is -2.60. The molecule has 4 N–H and O–H groups in total. The summed E-state index contributed by atoms with van der Waals surface area (Å²) in [6.45, 7) is 0. The number of aromatic nitrogens is 1. The lowest BCUT2D eigenvalue weighted by Gasteiger charge is -2.35. The molecule has 1 aromatic heterocycles. The van der Waals surface area contributed by atoms with Crippen LogP contribution in [-0.4, -0.2) is 22.3 Å². The number of fused-ring (bicyclic) bond motifs is 3. The number of aromatic amines is 1. The second-order valence-corrected chi connectivity index (χ2v) is 8.02. The third kappa shape index (κ3) is 3.37. The van der Waals surface area contributed by atoms with Gasteiger partial charge in [0.05, 0.1) is 6.42 Å². The van der Waals surface area contributed by atoms with Crippen molar-refractivity contribution in [3.05, 3.63) is 69.8 Å². The SMILES string of the molecule is NC(=O)C1(NC(=O)Cc2cccc(Br)c2)CCc2[nH]c3ccccc3c2C1.